The van der Waals surface area contributed by atoms with Crippen LogP contribution in [0.4, 0.5) is 0 Å². The summed E-state index contributed by atoms with van der Waals surface area (Å²) in [5.74, 6) is 0. The minimum absolute atomic E-state index is 0.428. The van der Waals surface area contributed by atoms with Crippen molar-refractivity contribution in [2.45, 2.75) is 152 Å². The normalized spacial score (nSPS) is 15.7. The average Bonchev–Trinajstić information content (AvgIpc) is 4.05. The lowest BCUT2D eigenvalue weighted by Gasteiger charge is -2.19. The van der Waals surface area contributed by atoms with E-state index < -0.39 is 0 Å². The first-order valence-corrected chi connectivity index (χ1v) is 20.4. The molecule has 4 aliphatic heterocycles. The maximum atomic E-state index is 4.14. The Labute approximate surface area is 338 Å². The van der Waals surface area contributed by atoms with Gasteiger partial charge in [-0.15, -0.1) is 15.3 Å². The molecule has 2 N–H and O–H groups in total. The van der Waals surface area contributed by atoms with Crippen molar-refractivity contribution in [2.24, 2.45) is 15.4 Å². The van der Waals surface area contributed by atoms with E-state index in [0.717, 1.165) is 39.1 Å². The Hall–Kier alpha value is -4.22. The molecule has 0 saturated carbocycles. The Morgan fingerprint density at radius 2 is 1.29 bits per heavy atom. The molecule has 1 saturated heterocycles. The van der Waals surface area contributed by atoms with Crippen molar-refractivity contribution in [1.82, 2.24) is 70.4 Å². The first-order valence-electron chi connectivity index (χ1n) is 20.4. The molecule has 0 radical (unpaired) electrons. The van der Waals surface area contributed by atoms with E-state index >= 15 is 0 Å². The van der Waals surface area contributed by atoms with Crippen LogP contribution in [0.5, 0.6) is 0 Å². The van der Waals surface area contributed by atoms with Crippen LogP contribution in [-0.4, -0.2) is 129 Å². The lowest BCUT2D eigenvalue weighted by Crippen LogP contribution is -2.36. The Morgan fingerprint density at radius 3 is 1.54 bits per heavy atom. The molecule has 7 heterocycles. The molecule has 0 aliphatic carbocycles. The summed E-state index contributed by atoms with van der Waals surface area (Å²) in [6, 6.07) is 5.66. The van der Waals surface area contributed by atoms with Crippen molar-refractivity contribution in [1.29, 1.82) is 0 Å². The second-order valence-electron chi connectivity index (χ2n) is 15.4. The van der Waals surface area contributed by atoms with Crippen molar-refractivity contribution in [3.8, 4) is 0 Å². The van der Waals surface area contributed by atoms with Gasteiger partial charge in [0.05, 0.1) is 19.3 Å². The zero-order valence-electron chi connectivity index (χ0n) is 37.2. The molecule has 7 rings (SSSR count). The van der Waals surface area contributed by atoms with Gasteiger partial charge >= 0.3 is 0 Å². The van der Waals surface area contributed by atoms with Gasteiger partial charge in [-0.1, -0.05) is 16.5 Å². The summed E-state index contributed by atoms with van der Waals surface area (Å²) < 4.78 is 5.67. The van der Waals surface area contributed by atoms with Crippen LogP contribution in [0, 0.1) is 0 Å². The molecule has 3 aromatic rings. The molecule has 0 unspecified atom stereocenters. The Morgan fingerprint density at radius 1 is 0.607 bits per heavy atom. The summed E-state index contributed by atoms with van der Waals surface area (Å²) in [5.41, 5.74) is 6.47. The van der Waals surface area contributed by atoms with E-state index in [1.165, 1.54) is 13.0 Å². The second kappa shape index (κ2) is 29.1. The number of nitrogens with one attached hydrogen (secondary N) is 2. The third-order valence-corrected chi connectivity index (χ3v) is 8.30. The van der Waals surface area contributed by atoms with Crippen LogP contribution in [-0.2, 0) is 0 Å². The first kappa shape index (κ1) is 49.8. The molecule has 17 heteroatoms. The zero-order chi connectivity index (χ0) is 41.9. The quantitative estimate of drug-likeness (QED) is 0.264. The van der Waals surface area contributed by atoms with E-state index in [0.29, 0.717) is 42.3 Å². The van der Waals surface area contributed by atoms with E-state index in [2.05, 4.69) is 176 Å². The highest BCUT2D eigenvalue weighted by molar-refractivity contribution is 5.58. The molecule has 17 nitrogen and oxygen atoms in total. The molecule has 3 aromatic heterocycles. The predicted molar refractivity (Wildman–Crippen MR) is 229 cm³/mol. The summed E-state index contributed by atoms with van der Waals surface area (Å²) in [6.07, 6.45) is 19.3. The highest BCUT2D eigenvalue weighted by Gasteiger charge is 2.12. The van der Waals surface area contributed by atoms with Crippen molar-refractivity contribution in [3.05, 3.63) is 55.8 Å². The molecule has 0 spiro atoms. The molecule has 4 aliphatic rings. The van der Waals surface area contributed by atoms with E-state index in [1.54, 1.807) is 29.7 Å². The van der Waals surface area contributed by atoms with Gasteiger partial charge in [0.1, 0.15) is 12.7 Å². The predicted octanol–water partition coefficient (Wildman–Crippen LogP) is 6.68. The smallest absolute Gasteiger partial charge is 0.119 e. The van der Waals surface area contributed by atoms with Gasteiger partial charge in [0.25, 0.3) is 0 Å². The number of hydrogen-bond acceptors (Lipinski definition) is 14. The fraction of sp³-hybridized carbons (Fsp3) is 0.744. The van der Waals surface area contributed by atoms with Crippen molar-refractivity contribution < 1.29 is 0 Å². The summed E-state index contributed by atoms with van der Waals surface area (Å²) in [4.78, 5) is 0. The lowest BCUT2D eigenvalue weighted by molar-refractivity contribution is 0.200. The molecule has 1 fully saturated rings. The van der Waals surface area contributed by atoms with Gasteiger partial charge < -0.3 is 9.58 Å². The number of rotatable bonds is 7. The van der Waals surface area contributed by atoms with Crippen LogP contribution in [0.2, 0.25) is 0 Å². The Bertz CT molecular complexity index is 1220. The number of nitrogens with zero attached hydrogens (tertiary/aromatic N) is 15. The van der Waals surface area contributed by atoms with Crippen LogP contribution >= 0.6 is 0 Å². The van der Waals surface area contributed by atoms with Gasteiger partial charge in [-0.05, 0) is 109 Å². The summed E-state index contributed by atoms with van der Waals surface area (Å²) in [6.45, 7) is 36.1. The van der Waals surface area contributed by atoms with Gasteiger partial charge in [-0.3, -0.25) is 24.8 Å². The zero-order valence-corrected chi connectivity index (χ0v) is 37.2. The van der Waals surface area contributed by atoms with Gasteiger partial charge in [-0.25, -0.2) is 10.4 Å². The van der Waals surface area contributed by atoms with E-state index in [4.69, 9.17) is 0 Å². The SMILES string of the molecule is CC(C)N1C=CCN1.CC(C)N1CCC=N1.CC(C)N1CCCN1.CC(C)N1CCN=N1.CC(C)n1cccn1.CC(C)n1ccnn1.CC(C)n1cnnc1. The van der Waals surface area contributed by atoms with Crippen molar-refractivity contribution >= 4 is 6.21 Å². The minimum Gasteiger partial charge on any atom is -0.318 e. The summed E-state index contributed by atoms with van der Waals surface area (Å²) in [7, 11) is 0. The third kappa shape index (κ3) is 22.4. The molecular formula is C39H77N17. The standard InChI is InChI=1S/C6H14N2.2C6H12N2.C6H10N2.C5H9N3.C5H11N3.C5H9N3/c4*1-6(2)8-5-3-4-7-8;1-5(2)8-3-6-7-4-8;2*1-5(2)8-4-3-6-7-8/h6-7H,3-5H2,1-2H3;4,6H,3,5H2,1-2H3;3,5-7H,4H2,1-2H3;3-6H,1-2H3;3-5H,1-2H3;5H,3-4H2,1-2H3;3-5H,1-2H3. The van der Waals surface area contributed by atoms with Crippen LogP contribution in [0.25, 0.3) is 0 Å². The fourth-order valence-corrected chi connectivity index (χ4v) is 4.76. The molecule has 0 aromatic carbocycles. The third-order valence-electron chi connectivity index (χ3n) is 8.30. The van der Waals surface area contributed by atoms with Crippen LogP contribution in [0.15, 0.2) is 71.2 Å². The number of hydrazine groups is 2. The molecule has 56 heavy (non-hydrogen) atoms. The van der Waals surface area contributed by atoms with E-state index in [1.807, 2.05) is 38.9 Å². The van der Waals surface area contributed by atoms with Crippen LogP contribution in [0.3, 0.4) is 0 Å². The van der Waals surface area contributed by atoms with E-state index in [-0.39, 0.29) is 0 Å². The van der Waals surface area contributed by atoms with Gasteiger partial charge in [0.15, 0.2) is 0 Å². The Balaban J connectivity index is 0.000000327. The average molecular weight is 784 g/mol. The fourth-order valence-electron chi connectivity index (χ4n) is 4.76. The van der Waals surface area contributed by atoms with Crippen molar-refractivity contribution in [3.63, 3.8) is 0 Å². The van der Waals surface area contributed by atoms with Crippen LogP contribution < -0.4 is 10.9 Å². The van der Waals surface area contributed by atoms with Crippen LogP contribution in [0.1, 0.15) is 128 Å². The number of hydrogen-bond donors (Lipinski definition) is 2. The monoisotopic (exact) mass is 784 g/mol. The highest BCUT2D eigenvalue weighted by atomic mass is 15.6. The summed E-state index contributed by atoms with van der Waals surface area (Å²) >= 11 is 0. The highest BCUT2D eigenvalue weighted by Crippen LogP contribution is 2.05. The second-order valence-corrected chi connectivity index (χ2v) is 15.4. The van der Waals surface area contributed by atoms with Gasteiger partial charge in [0, 0.05) is 106 Å². The minimum atomic E-state index is 0.428. The lowest BCUT2D eigenvalue weighted by atomic mass is 10.4. The molecule has 318 valence electrons. The summed E-state index contributed by atoms with van der Waals surface area (Å²) in [5, 5.41) is 39.1. The maximum Gasteiger partial charge on any atom is 0.119 e. The molecule has 0 amide bonds. The largest absolute Gasteiger partial charge is 0.318 e. The number of aromatic nitrogens is 8. The Kier molecular flexibility index (Phi) is 25.9. The maximum absolute atomic E-state index is 4.14. The van der Waals surface area contributed by atoms with Crippen molar-refractivity contribution in [2.75, 3.05) is 39.3 Å². The topological polar surface area (TPSA) is 153 Å². The number of hydrazone groups is 1. The van der Waals surface area contributed by atoms with E-state index in [9.17, 15) is 0 Å². The molecular weight excluding hydrogens is 707 g/mol. The van der Waals surface area contributed by atoms with Gasteiger partial charge in [0.2, 0.25) is 0 Å². The first-order chi connectivity index (χ1) is 26.6. The molecule has 0 bridgehead atoms. The van der Waals surface area contributed by atoms with Gasteiger partial charge in [-0.2, -0.15) is 15.3 Å². The molecule has 0 atom stereocenters.